The molecule has 0 amide bonds. The number of ether oxygens (including phenoxy) is 2. The summed E-state index contributed by atoms with van der Waals surface area (Å²) in [6, 6.07) is 12.6. The van der Waals surface area contributed by atoms with E-state index in [2.05, 4.69) is 40.7 Å². The van der Waals surface area contributed by atoms with Gasteiger partial charge in [-0.1, -0.05) is 52.3 Å². The lowest BCUT2D eigenvalue weighted by atomic mass is 9.75. The smallest absolute Gasteiger partial charge is 0.315 e. The third-order valence-corrected chi connectivity index (χ3v) is 8.65. The maximum absolute atomic E-state index is 12.9. The molecule has 2 aliphatic rings. The summed E-state index contributed by atoms with van der Waals surface area (Å²) in [6.07, 6.45) is 1.84. The average Bonchev–Trinajstić information content (AvgIpc) is 3.14. The van der Waals surface area contributed by atoms with Gasteiger partial charge < -0.3 is 19.5 Å². The van der Waals surface area contributed by atoms with Gasteiger partial charge in [0.2, 0.25) is 5.72 Å². The molecular formula is C31H32BrF2N3O5. The second kappa shape index (κ2) is 12.2. The first-order valence-corrected chi connectivity index (χ1v) is 14.8. The predicted octanol–water partition coefficient (Wildman–Crippen LogP) is 5.13. The minimum atomic E-state index is -1.65. The number of nitrogens with zero attached hydrogens (tertiary/aromatic N) is 3. The normalized spacial score (nSPS) is 18.4. The van der Waals surface area contributed by atoms with Crippen LogP contribution in [0.15, 0.2) is 53.5 Å². The molecule has 1 spiro atoms. The predicted molar refractivity (Wildman–Crippen MR) is 160 cm³/mol. The quantitative estimate of drug-likeness (QED) is 0.166. The molecule has 0 bridgehead atoms. The highest BCUT2D eigenvalue weighted by Gasteiger charge is 2.60. The Morgan fingerprint density at radius 2 is 1.81 bits per heavy atom. The van der Waals surface area contributed by atoms with Crippen LogP contribution in [0.25, 0.3) is 10.8 Å². The zero-order valence-electron chi connectivity index (χ0n) is 23.4. The van der Waals surface area contributed by atoms with E-state index in [1.54, 1.807) is 0 Å². The van der Waals surface area contributed by atoms with E-state index in [-0.39, 0.29) is 26.4 Å². The monoisotopic (exact) mass is 643 g/mol. The number of fused-ring (bicyclic) bond motifs is 4. The molecule has 1 unspecified atom stereocenters. The van der Waals surface area contributed by atoms with Gasteiger partial charge in [-0.2, -0.15) is 8.78 Å². The summed E-state index contributed by atoms with van der Waals surface area (Å²) in [5, 5.41) is 12.9. The number of aliphatic hydroxyl groups excluding tert-OH is 1. The molecule has 3 aromatic rings. The van der Waals surface area contributed by atoms with Crippen molar-refractivity contribution in [3.8, 4) is 5.75 Å². The van der Waals surface area contributed by atoms with Gasteiger partial charge in [0, 0.05) is 35.1 Å². The van der Waals surface area contributed by atoms with Gasteiger partial charge in [0.05, 0.1) is 44.5 Å². The van der Waals surface area contributed by atoms with Crippen LogP contribution in [-0.4, -0.2) is 73.4 Å². The van der Waals surface area contributed by atoms with Gasteiger partial charge in [-0.05, 0) is 42.5 Å². The van der Waals surface area contributed by atoms with E-state index in [4.69, 9.17) is 14.5 Å². The number of aliphatic imine (C=N–C) groups is 1. The summed E-state index contributed by atoms with van der Waals surface area (Å²) in [6.45, 7) is 3.22. The highest BCUT2D eigenvalue weighted by molar-refractivity contribution is 9.08. The molecule has 0 saturated carbocycles. The first-order chi connectivity index (χ1) is 20.1. The van der Waals surface area contributed by atoms with E-state index in [1.165, 1.54) is 0 Å². The summed E-state index contributed by atoms with van der Waals surface area (Å²) in [5.74, 6) is 0.674. The minimum absolute atomic E-state index is 0.000220. The molecule has 8 nitrogen and oxygen atoms in total. The number of hydrogen-bond acceptors (Lipinski definition) is 8. The van der Waals surface area contributed by atoms with Crippen LogP contribution in [0, 0.1) is 0 Å². The van der Waals surface area contributed by atoms with Crippen molar-refractivity contribution < 1.29 is 33.0 Å². The van der Waals surface area contributed by atoms with E-state index in [9.17, 15) is 23.5 Å². The van der Waals surface area contributed by atoms with E-state index in [0.29, 0.717) is 17.6 Å². The van der Waals surface area contributed by atoms with Crippen molar-refractivity contribution in [3.05, 3.63) is 65.2 Å². The molecule has 0 aromatic heterocycles. The van der Waals surface area contributed by atoms with Crippen LogP contribution in [0.2, 0.25) is 0 Å². The molecule has 11 heteroatoms. The Bertz CT molecular complexity index is 1530. The third kappa shape index (κ3) is 5.34. The molecular weight excluding hydrogens is 612 g/mol. The molecule has 5 rings (SSSR count). The number of carbonyl (C=O) groups is 2. The summed E-state index contributed by atoms with van der Waals surface area (Å²) in [5.41, 5.74) is 2.58. The molecule has 222 valence electrons. The van der Waals surface area contributed by atoms with E-state index >= 15 is 0 Å². The summed E-state index contributed by atoms with van der Waals surface area (Å²) >= 11 is 3.62. The van der Waals surface area contributed by atoms with Crippen molar-refractivity contribution in [2.75, 3.05) is 44.3 Å². The van der Waals surface area contributed by atoms with Gasteiger partial charge in [-0.3, -0.25) is 19.5 Å². The van der Waals surface area contributed by atoms with Crippen molar-refractivity contribution in [3.63, 3.8) is 0 Å². The molecule has 0 fully saturated rings. The second-order valence-corrected chi connectivity index (χ2v) is 11.5. The van der Waals surface area contributed by atoms with Crippen LogP contribution in [0.1, 0.15) is 30.5 Å². The number of hydrogen-bond donors (Lipinski definition) is 1. The number of rotatable bonds is 12. The number of carbonyl (C=O) groups excluding carboxylic acids is 2. The Kier molecular flexibility index (Phi) is 8.75. The van der Waals surface area contributed by atoms with Gasteiger partial charge >= 0.3 is 12.1 Å². The Balaban J connectivity index is 1.47. The van der Waals surface area contributed by atoms with Crippen LogP contribution in [-0.2, 0) is 31.7 Å². The number of halogens is 3. The molecule has 1 N–H and O–H groups in total. The number of anilines is 1. The summed E-state index contributed by atoms with van der Waals surface area (Å²) in [7, 11) is 0. The van der Waals surface area contributed by atoms with Gasteiger partial charge in [0.1, 0.15) is 5.69 Å². The van der Waals surface area contributed by atoms with Crippen LogP contribution in [0.4, 0.5) is 20.2 Å². The maximum Gasteiger partial charge on any atom is 0.315 e. The van der Waals surface area contributed by atoms with Crippen molar-refractivity contribution in [1.29, 1.82) is 0 Å². The second-order valence-electron chi connectivity index (χ2n) is 10.9. The van der Waals surface area contributed by atoms with Crippen molar-refractivity contribution in [2.24, 2.45) is 4.99 Å². The molecule has 2 heterocycles. The van der Waals surface area contributed by atoms with Crippen LogP contribution < -0.4 is 9.64 Å². The third-order valence-electron chi connectivity index (χ3n) is 8.04. The van der Waals surface area contributed by atoms with E-state index < -0.39 is 36.3 Å². The van der Waals surface area contributed by atoms with Gasteiger partial charge in [-0.15, -0.1) is 0 Å². The lowest BCUT2D eigenvalue weighted by molar-refractivity contribution is -0.133. The Labute approximate surface area is 251 Å². The molecule has 1 atom stereocenters. The van der Waals surface area contributed by atoms with E-state index in [0.717, 1.165) is 43.7 Å². The Hall–Kier alpha value is -3.25. The Morgan fingerprint density at radius 1 is 1.07 bits per heavy atom. The molecule has 42 heavy (non-hydrogen) atoms. The SMILES string of the molecule is CC1(C)c2c(CO)cccc2N(CCOCCN(CC(=O)F)CC(=O)F)C12C=Nc1c(c(CBr)cc3ccccc13)O2. The van der Waals surface area contributed by atoms with E-state index in [1.807, 2.05) is 48.7 Å². The molecule has 0 radical (unpaired) electrons. The molecule has 0 aliphatic carbocycles. The van der Waals surface area contributed by atoms with Crippen molar-refractivity contribution >= 4 is 56.4 Å². The zero-order valence-corrected chi connectivity index (χ0v) is 25.0. The average molecular weight is 645 g/mol. The number of alkyl halides is 1. The first-order valence-electron chi connectivity index (χ1n) is 13.7. The van der Waals surface area contributed by atoms with Crippen LogP contribution in [0.3, 0.4) is 0 Å². The van der Waals surface area contributed by atoms with Crippen molar-refractivity contribution in [1.82, 2.24) is 4.90 Å². The lowest BCUT2D eigenvalue weighted by Gasteiger charge is -2.46. The fraction of sp³-hybridized carbons (Fsp3) is 0.387. The zero-order chi connectivity index (χ0) is 30.1. The summed E-state index contributed by atoms with van der Waals surface area (Å²) < 4.78 is 38.7. The lowest BCUT2D eigenvalue weighted by Crippen LogP contribution is -2.63. The molecule has 0 saturated heterocycles. The van der Waals surface area contributed by atoms with Crippen LogP contribution >= 0.6 is 15.9 Å². The number of aliphatic hydroxyl groups is 1. The fourth-order valence-electron chi connectivity index (χ4n) is 6.12. The van der Waals surface area contributed by atoms with Gasteiger partial charge in [0.15, 0.2) is 5.75 Å². The van der Waals surface area contributed by atoms with Gasteiger partial charge in [0.25, 0.3) is 0 Å². The number of benzene rings is 3. The van der Waals surface area contributed by atoms with Crippen LogP contribution in [0.5, 0.6) is 5.75 Å². The first kappa shape index (κ1) is 30.2. The summed E-state index contributed by atoms with van der Waals surface area (Å²) in [4.78, 5) is 29.9. The largest absolute Gasteiger partial charge is 0.459 e. The maximum atomic E-state index is 12.9. The Morgan fingerprint density at radius 3 is 2.50 bits per heavy atom. The fourth-order valence-corrected chi connectivity index (χ4v) is 6.54. The standard InChI is InChI=1S/C31H32BrF2N3O5/c1-30(2)27-21(18-38)7-5-9-24(27)37(11-13-41-12-10-36(16-25(33)39)17-26(34)40)31(30)19-35-28-23-8-4-3-6-20(23)14-22(15-32)29(28)42-31/h3-9,14,19,38H,10-13,15-18H2,1-2H3. The minimum Gasteiger partial charge on any atom is -0.459 e. The highest BCUT2D eigenvalue weighted by Crippen LogP contribution is 2.56. The topological polar surface area (TPSA) is 91.7 Å². The van der Waals surface area contributed by atoms with Gasteiger partial charge in [-0.25, -0.2) is 0 Å². The van der Waals surface area contributed by atoms with Crippen molar-refractivity contribution in [2.45, 2.75) is 36.9 Å². The highest BCUT2D eigenvalue weighted by atomic mass is 79.9. The molecule has 3 aromatic carbocycles. The molecule has 2 aliphatic heterocycles.